The Morgan fingerprint density at radius 3 is 1.94 bits per heavy atom. The molecule has 0 spiro atoms. The molecule has 0 saturated carbocycles. The lowest BCUT2D eigenvalue weighted by Gasteiger charge is -2.30. The Hall–Kier alpha value is 0.448. The molecule has 0 aromatic heterocycles. The Morgan fingerprint density at radius 1 is 1.06 bits per heavy atom. The fourth-order valence-corrected chi connectivity index (χ4v) is 12.5. The molecule has 0 unspecified atom stereocenters. The molecule has 0 radical (unpaired) electrons. The van der Waals surface area contributed by atoms with Crippen molar-refractivity contribution in [3.63, 3.8) is 0 Å². The van der Waals surface area contributed by atoms with Crippen molar-refractivity contribution in [2.24, 2.45) is 0 Å². The summed E-state index contributed by atoms with van der Waals surface area (Å²) in [6, 6.07) is 0.908. The minimum atomic E-state index is -2.29. The van der Waals surface area contributed by atoms with Gasteiger partial charge in [-0.3, -0.25) is 0 Å². The van der Waals surface area contributed by atoms with E-state index in [1.54, 1.807) is 0 Å². The van der Waals surface area contributed by atoms with Crippen LogP contribution < -0.4 is 0 Å². The molecule has 0 bridgehead atoms. The highest BCUT2D eigenvalue weighted by atomic mass is 28.5. The van der Waals surface area contributed by atoms with Crippen LogP contribution in [0.1, 0.15) is 13.3 Å². The Morgan fingerprint density at radius 2 is 1.56 bits per heavy atom. The first kappa shape index (κ1) is 18.4. The van der Waals surface area contributed by atoms with Gasteiger partial charge in [0.05, 0.1) is 6.61 Å². The van der Waals surface area contributed by atoms with Gasteiger partial charge in [-0.1, -0.05) is 31.8 Å². The van der Waals surface area contributed by atoms with Gasteiger partial charge in [0.25, 0.3) is 0 Å². The van der Waals surface area contributed by atoms with Gasteiger partial charge < -0.3 is 17.1 Å². The van der Waals surface area contributed by atoms with Crippen LogP contribution in [-0.2, 0) is 17.1 Å². The van der Waals surface area contributed by atoms with Crippen LogP contribution in [0.2, 0.25) is 25.7 Å². The quantitative estimate of drug-likeness (QED) is 0.295. The summed E-state index contributed by atoms with van der Waals surface area (Å²) in [7, 11) is -3.74. The molecule has 0 aromatic carbocycles. The average Bonchev–Trinajstić information content (AvgIpc) is 2.29. The van der Waals surface area contributed by atoms with E-state index >= 15 is 0 Å². The first-order chi connectivity index (χ1) is 8.60. The molecule has 4 nitrogen and oxygen atoms in total. The molecule has 8 heteroatoms. The largest absolute Gasteiger partial charge is 0.468 e. The van der Waals surface area contributed by atoms with Crippen LogP contribution in [0.5, 0.6) is 0 Å². The van der Waals surface area contributed by atoms with Gasteiger partial charge in [0, 0.05) is 12.7 Å². The molecular weight excluding hydrogens is 296 g/mol. The fourth-order valence-electron chi connectivity index (χ4n) is 1.64. The average molecular weight is 325 g/mol. The molecule has 0 aliphatic rings. The molecule has 0 aromatic rings. The first-order valence-corrected chi connectivity index (χ1v) is 14.6. The highest BCUT2D eigenvalue weighted by molar-refractivity contribution is 6.73. The second-order valence-corrected chi connectivity index (χ2v) is 11.2. The molecule has 0 saturated heterocycles. The van der Waals surface area contributed by atoms with Crippen molar-refractivity contribution in [2.75, 3.05) is 13.2 Å². The van der Waals surface area contributed by atoms with Crippen LogP contribution >= 0.6 is 0 Å². The maximum Gasteiger partial charge on any atom is 0.468 e. The summed E-state index contributed by atoms with van der Waals surface area (Å²) in [5.74, 6) is 0. The molecule has 108 valence electrons. The standard InChI is InChI=1S/C10H28O4Si4/c1-10(2)9-11-7-6-8-18(12-15-3,13-16-4)14-17-5/h1,6-9,15-17H2,2-5H3. The monoisotopic (exact) mass is 324 g/mol. The van der Waals surface area contributed by atoms with E-state index in [0.29, 0.717) is 6.61 Å². The molecule has 0 N–H and O–H groups in total. The molecular formula is C10H28O4Si4. The number of ether oxygens (including phenoxy) is 1. The van der Waals surface area contributed by atoms with Crippen LogP contribution in [0.4, 0.5) is 0 Å². The van der Waals surface area contributed by atoms with Crippen LogP contribution in [0, 0.1) is 0 Å². The first-order valence-electron chi connectivity index (χ1n) is 6.74. The zero-order chi connectivity index (χ0) is 13.9. The van der Waals surface area contributed by atoms with E-state index in [1.807, 2.05) is 6.92 Å². The summed E-state index contributed by atoms with van der Waals surface area (Å²) in [6.07, 6.45) is 0.955. The van der Waals surface area contributed by atoms with Crippen molar-refractivity contribution < 1.29 is 17.1 Å². The third-order valence-corrected chi connectivity index (χ3v) is 11.9. The van der Waals surface area contributed by atoms with E-state index in [4.69, 9.17) is 17.1 Å². The van der Waals surface area contributed by atoms with E-state index in [2.05, 4.69) is 26.2 Å². The lowest BCUT2D eigenvalue weighted by atomic mass is 10.4. The predicted octanol–water partition coefficient (Wildman–Crippen LogP) is 0.354. The third-order valence-electron chi connectivity index (χ3n) is 2.21. The Bertz CT molecular complexity index is 211. The zero-order valence-electron chi connectivity index (χ0n) is 12.3. The van der Waals surface area contributed by atoms with Gasteiger partial charge in [-0.2, -0.15) is 0 Å². The minimum Gasteiger partial charge on any atom is -0.423 e. The fraction of sp³-hybridized carbons (Fsp3) is 0.800. The lowest BCUT2D eigenvalue weighted by molar-refractivity contribution is 0.152. The molecule has 18 heavy (non-hydrogen) atoms. The highest BCUT2D eigenvalue weighted by Gasteiger charge is 2.37. The van der Waals surface area contributed by atoms with Crippen molar-refractivity contribution in [3.05, 3.63) is 12.2 Å². The second-order valence-electron chi connectivity index (χ2n) is 4.10. The van der Waals surface area contributed by atoms with Crippen molar-refractivity contribution >= 4 is 38.1 Å². The Labute approximate surface area is 120 Å². The molecule has 0 fully saturated rings. The van der Waals surface area contributed by atoms with Crippen LogP contribution in [0.3, 0.4) is 0 Å². The number of rotatable bonds is 12. The SMILES string of the molecule is C=C(C)COCCC[Si](O[SiH2]C)(O[SiH2]C)O[SiH2]C. The number of hydrogen-bond acceptors (Lipinski definition) is 4. The van der Waals surface area contributed by atoms with Crippen LogP contribution in [0.15, 0.2) is 12.2 Å². The topological polar surface area (TPSA) is 36.9 Å². The second kappa shape index (κ2) is 11.3. The minimum absolute atomic E-state index is 0.482. The van der Waals surface area contributed by atoms with Crippen molar-refractivity contribution in [1.82, 2.24) is 0 Å². The van der Waals surface area contributed by atoms with Gasteiger partial charge in [0.2, 0.25) is 0 Å². The lowest BCUT2D eigenvalue weighted by Crippen LogP contribution is -2.47. The Balaban J connectivity index is 4.08. The molecule has 0 rings (SSSR count). The normalized spacial score (nSPS) is 16.4. The predicted molar refractivity (Wildman–Crippen MR) is 87.3 cm³/mol. The summed E-state index contributed by atoms with van der Waals surface area (Å²) < 4.78 is 23.4. The Kier molecular flexibility index (Phi) is 11.6. The highest BCUT2D eigenvalue weighted by Crippen LogP contribution is 2.16. The van der Waals surface area contributed by atoms with Crippen molar-refractivity contribution in [2.45, 2.75) is 39.0 Å². The third kappa shape index (κ3) is 8.53. The molecule has 0 aliphatic heterocycles. The summed E-state index contributed by atoms with van der Waals surface area (Å²) in [5.41, 5.74) is 1.06. The van der Waals surface area contributed by atoms with Gasteiger partial charge in [-0.15, -0.1) is 0 Å². The number of hydrogen-bond donors (Lipinski definition) is 0. The summed E-state index contributed by atoms with van der Waals surface area (Å²) in [5, 5.41) is 0. The molecule has 0 aliphatic carbocycles. The molecule has 0 amide bonds. The van der Waals surface area contributed by atoms with Gasteiger partial charge in [-0.05, 0) is 13.3 Å². The van der Waals surface area contributed by atoms with E-state index in [0.717, 1.165) is 24.6 Å². The van der Waals surface area contributed by atoms with Crippen molar-refractivity contribution in [1.29, 1.82) is 0 Å². The van der Waals surface area contributed by atoms with Gasteiger partial charge in [0.15, 0.2) is 0 Å². The maximum atomic E-state index is 5.97. The maximum absolute atomic E-state index is 5.97. The molecule has 0 heterocycles. The van der Waals surface area contributed by atoms with Gasteiger partial charge in [0.1, 0.15) is 29.3 Å². The van der Waals surface area contributed by atoms with E-state index in [1.165, 1.54) is 0 Å². The summed E-state index contributed by atoms with van der Waals surface area (Å²) >= 11 is 0. The summed E-state index contributed by atoms with van der Waals surface area (Å²) in [4.78, 5) is 0. The molecule has 0 atom stereocenters. The van der Waals surface area contributed by atoms with Gasteiger partial charge in [-0.25, -0.2) is 0 Å². The van der Waals surface area contributed by atoms with E-state index in [9.17, 15) is 0 Å². The van der Waals surface area contributed by atoms with Gasteiger partial charge >= 0.3 is 8.80 Å². The van der Waals surface area contributed by atoms with E-state index < -0.39 is 38.1 Å². The summed E-state index contributed by atoms with van der Waals surface area (Å²) in [6.45, 7) is 13.6. The smallest absolute Gasteiger partial charge is 0.423 e. The van der Waals surface area contributed by atoms with Crippen molar-refractivity contribution in [3.8, 4) is 0 Å². The van der Waals surface area contributed by atoms with Crippen LogP contribution in [-0.4, -0.2) is 51.3 Å². The zero-order valence-corrected chi connectivity index (χ0v) is 17.5. The van der Waals surface area contributed by atoms with Crippen LogP contribution in [0.25, 0.3) is 0 Å². The van der Waals surface area contributed by atoms with E-state index in [-0.39, 0.29) is 0 Å².